The maximum Gasteiger partial charge on any atom is 0.410 e. The molecular weight excluding hydrogens is 460 g/mol. The van der Waals surface area contributed by atoms with E-state index in [1.54, 1.807) is 10.4 Å². The molecule has 3 unspecified atom stereocenters. The smallest absolute Gasteiger partial charge is 0.410 e. The van der Waals surface area contributed by atoms with Crippen molar-refractivity contribution in [2.24, 2.45) is 11.8 Å². The van der Waals surface area contributed by atoms with Crippen LogP contribution in [0.15, 0.2) is 24.3 Å². The van der Waals surface area contributed by atoms with E-state index >= 15 is 0 Å². The van der Waals surface area contributed by atoms with Crippen LogP contribution in [-0.2, 0) is 19.7 Å². The highest BCUT2D eigenvalue weighted by atomic mass is 16.6. The summed E-state index contributed by atoms with van der Waals surface area (Å²) in [6.45, 7) is 10.6. The largest absolute Gasteiger partial charge is 0.446 e. The first-order valence-electron chi connectivity index (χ1n) is 13.2. The monoisotopic (exact) mass is 500 g/mol. The topological polar surface area (TPSA) is 102 Å². The number of anilines is 1. The molecule has 1 aromatic rings. The average molecular weight is 501 g/mol. The number of likely N-dealkylation sites (tertiary alicyclic amines) is 1. The number of nitrogens with one attached hydrogen (secondary N) is 1. The summed E-state index contributed by atoms with van der Waals surface area (Å²) in [5, 5.41) is 9.32. The van der Waals surface area contributed by atoms with Gasteiger partial charge in [-0.3, -0.25) is 14.8 Å². The van der Waals surface area contributed by atoms with E-state index in [4.69, 9.17) is 4.74 Å². The summed E-state index contributed by atoms with van der Waals surface area (Å²) in [7, 11) is 0. The van der Waals surface area contributed by atoms with E-state index in [0.29, 0.717) is 39.0 Å². The third kappa shape index (κ3) is 5.94. The molecule has 2 heterocycles. The van der Waals surface area contributed by atoms with Crippen LogP contribution in [0.4, 0.5) is 10.5 Å². The first-order chi connectivity index (χ1) is 17.2. The number of hydrogen-bond donors (Lipinski definition) is 2. The van der Waals surface area contributed by atoms with Crippen molar-refractivity contribution in [3.63, 3.8) is 0 Å². The van der Waals surface area contributed by atoms with E-state index in [0.717, 1.165) is 31.6 Å². The fourth-order valence-electron chi connectivity index (χ4n) is 5.62. The van der Waals surface area contributed by atoms with Gasteiger partial charge in [-0.05, 0) is 55.2 Å². The SMILES string of the molecule is CC(C)(C)c1ccc(N2CCN(C(=O)C3CCC(OC(=O)N4CCCC4)CC3C(=O)NO)CC2)cc1. The Labute approximate surface area is 213 Å². The molecule has 2 saturated heterocycles. The standard InChI is InChI=1S/C27H40N4O5/c1-27(2,3)19-6-8-20(9-7-19)29-14-16-30(17-15-29)25(33)22-11-10-21(18-23(22)24(32)28-35)36-26(34)31-12-4-5-13-31/h6-9,21-23,35H,4-5,10-18H2,1-3H3,(H,28,32). The number of ether oxygens (including phenoxy) is 1. The number of carbonyl (C=O) groups is 3. The molecule has 1 aliphatic carbocycles. The van der Waals surface area contributed by atoms with Gasteiger partial charge in [0.25, 0.3) is 0 Å². The molecule has 1 aromatic carbocycles. The second-order valence-corrected chi connectivity index (χ2v) is 11.3. The van der Waals surface area contributed by atoms with E-state index in [9.17, 15) is 19.6 Å². The van der Waals surface area contributed by atoms with Gasteiger partial charge in [-0.25, -0.2) is 10.3 Å². The number of carbonyl (C=O) groups excluding carboxylic acids is 3. The molecular formula is C27H40N4O5. The molecule has 0 spiro atoms. The summed E-state index contributed by atoms with van der Waals surface area (Å²) < 4.78 is 5.66. The zero-order valence-electron chi connectivity index (χ0n) is 21.7. The molecule has 1 saturated carbocycles. The Morgan fingerprint density at radius 2 is 1.53 bits per heavy atom. The van der Waals surface area contributed by atoms with Gasteiger partial charge < -0.3 is 19.4 Å². The highest BCUT2D eigenvalue weighted by molar-refractivity contribution is 5.87. The predicted molar refractivity (Wildman–Crippen MR) is 136 cm³/mol. The van der Waals surface area contributed by atoms with Gasteiger partial charge in [-0.15, -0.1) is 0 Å². The quantitative estimate of drug-likeness (QED) is 0.486. The van der Waals surface area contributed by atoms with Crippen molar-refractivity contribution in [3.8, 4) is 0 Å². The van der Waals surface area contributed by atoms with Gasteiger partial charge in [-0.2, -0.15) is 0 Å². The fourth-order valence-corrected chi connectivity index (χ4v) is 5.62. The summed E-state index contributed by atoms with van der Waals surface area (Å²) >= 11 is 0. The number of nitrogens with zero attached hydrogens (tertiary/aromatic N) is 3. The molecule has 3 amide bonds. The van der Waals surface area contributed by atoms with Crippen LogP contribution in [0, 0.1) is 11.8 Å². The molecule has 9 nitrogen and oxygen atoms in total. The van der Waals surface area contributed by atoms with Crippen LogP contribution >= 0.6 is 0 Å². The lowest BCUT2D eigenvalue weighted by molar-refractivity contribution is -0.149. The molecule has 3 atom stereocenters. The van der Waals surface area contributed by atoms with Gasteiger partial charge in [0.1, 0.15) is 6.10 Å². The molecule has 3 fully saturated rings. The minimum Gasteiger partial charge on any atom is -0.446 e. The molecule has 3 aliphatic rings. The Balaban J connectivity index is 1.34. The Morgan fingerprint density at radius 1 is 0.889 bits per heavy atom. The third-order valence-corrected chi connectivity index (χ3v) is 7.89. The van der Waals surface area contributed by atoms with Crippen LogP contribution in [0.25, 0.3) is 0 Å². The van der Waals surface area contributed by atoms with Crippen molar-refractivity contribution in [2.45, 2.75) is 64.4 Å². The minimum atomic E-state index is -0.726. The van der Waals surface area contributed by atoms with Gasteiger partial charge in [0.05, 0.1) is 11.8 Å². The van der Waals surface area contributed by atoms with Crippen molar-refractivity contribution in [3.05, 3.63) is 29.8 Å². The summed E-state index contributed by atoms with van der Waals surface area (Å²) in [6, 6.07) is 8.62. The number of piperazine rings is 1. The number of amides is 3. The van der Waals surface area contributed by atoms with Crippen LogP contribution in [0.3, 0.4) is 0 Å². The number of rotatable bonds is 4. The lowest BCUT2D eigenvalue weighted by atomic mass is 9.76. The maximum absolute atomic E-state index is 13.4. The molecule has 0 radical (unpaired) electrons. The normalized spacial score (nSPS) is 25.0. The van der Waals surface area contributed by atoms with Gasteiger partial charge in [0.2, 0.25) is 11.8 Å². The molecule has 0 bridgehead atoms. The fraction of sp³-hybridized carbons (Fsp3) is 0.667. The van der Waals surface area contributed by atoms with Crippen molar-refractivity contribution in [1.82, 2.24) is 15.3 Å². The first-order valence-corrected chi connectivity index (χ1v) is 13.2. The van der Waals surface area contributed by atoms with E-state index in [1.807, 2.05) is 4.90 Å². The van der Waals surface area contributed by atoms with Gasteiger partial charge in [0, 0.05) is 45.0 Å². The Bertz CT molecular complexity index is 930. The Morgan fingerprint density at radius 3 is 2.11 bits per heavy atom. The van der Waals surface area contributed by atoms with E-state index < -0.39 is 23.8 Å². The zero-order chi connectivity index (χ0) is 25.9. The summed E-state index contributed by atoms with van der Waals surface area (Å²) in [5.74, 6) is -1.91. The molecule has 2 aliphatic heterocycles. The summed E-state index contributed by atoms with van der Waals surface area (Å²) in [5.41, 5.74) is 4.26. The average Bonchev–Trinajstić information content (AvgIpc) is 3.43. The lowest BCUT2D eigenvalue weighted by Crippen LogP contribution is -2.53. The molecule has 198 valence electrons. The number of hydrogen-bond acceptors (Lipinski definition) is 6. The van der Waals surface area contributed by atoms with Gasteiger partial charge in [-0.1, -0.05) is 32.9 Å². The second-order valence-electron chi connectivity index (χ2n) is 11.3. The van der Waals surface area contributed by atoms with Crippen LogP contribution in [0.2, 0.25) is 0 Å². The Kier molecular flexibility index (Phi) is 8.07. The molecule has 0 aromatic heterocycles. The highest BCUT2D eigenvalue weighted by Crippen LogP contribution is 2.34. The van der Waals surface area contributed by atoms with Gasteiger partial charge >= 0.3 is 6.09 Å². The van der Waals surface area contributed by atoms with Crippen molar-refractivity contribution < 1.29 is 24.3 Å². The van der Waals surface area contributed by atoms with Gasteiger partial charge in [0.15, 0.2) is 0 Å². The molecule has 4 rings (SSSR count). The molecule has 36 heavy (non-hydrogen) atoms. The molecule has 9 heteroatoms. The Hall–Kier alpha value is -2.81. The lowest BCUT2D eigenvalue weighted by Gasteiger charge is -2.40. The van der Waals surface area contributed by atoms with Crippen LogP contribution < -0.4 is 10.4 Å². The number of hydroxylamine groups is 1. The summed E-state index contributed by atoms with van der Waals surface area (Å²) in [6.07, 6.45) is 2.38. The van der Waals surface area contributed by atoms with E-state index in [2.05, 4.69) is 49.9 Å². The minimum absolute atomic E-state index is 0.0596. The van der Waals surface area contributed by atoms with Crippen LogP contribution in [0.5, 0.6) is 0 Å². The number of benzene rings is 1. The van der Waals surface area contributed by atoms with Crippen molar-refractivity contribution in [1.29, 1.82) is 0 Å². The summed E-state index contributed by atoms with van der Waals surface area (Å²) in [4.78, 5) is 44.2. The second kappa shape index (κ2) is 11.1. The third-order valence-electron chi connectivity index (χ3n) is 7.89. The van der Waals surface area contributed by atoms with E-state index in [-0.39, 0.29) is 23.8 Å². The van der Waals surface area contributed by atoms with Crippen molar-refractivity contribution >= 4 is 23.6 Å². The first kappa shape index (κ1) is 26.3. The van der Waals surface area contributed by atoms with Crippen molar-refractivity contribution in [2.75, 3.05) is 44.2 Å². The zero-order valence-corrected chi connectivity index (χ0v) is 21.7. The van der Waals surface area contributed by atoms with Crippen LogP contribution in [0.1, 0.15) is 58.4 Å². The maximum atomic E-state index is 13.4. The predicted octanol–water partition coefficient (Wildman–Crippen LogP) is 3.16. The highest BCUT2D eigenvalue weighted by Gasteiger charge is 2.43. The van der Waals surface area contributed by atoms with E-state index in [1.165, 1.54) is 5.56 Å². The molecule has 2 N–H and O–H groups in total. The van der Waals surface area contributed by atoms with Crippen LogP contribution in [-0.4, -0.2) is 78.3 Å².